The lowest BCUT2D eigenvalue weighted by molar-refractivity contribution is -0.671. The zero-order valence-electron chi connectivity index (χ0n) is 12.1. The zero-order chi connectivity index (χ0) is 13.7. The Bertz CT molecular complexity index is 546. The zero-order valence-corrected chi connectivity index (χ0v) is 14.2. The number of hydrogen-bond acceptors (Lipinski definition) is 1. The van der Waals surface area contributed by atoms with Gasteiger partial charge in [0.15, 0.2) is 6.54 Å². The van der Waals surface area contributed by atoms with Gasteiger partial charge in [-0.2, -0.15) is 0 Å². The number of nitrogens with zero attached hydrogens (tertiary/aromatic N) is 2. The SMILES string of the molecule is CCCCc1ccc(C(=O)Cn2cc[n+](C)c2)cc1.[I-]. The molecule has 0 saturated carbocycles. The quantitative estimate of drug-likeness (QED) is 0.376. The number of ketones is 1. The molecule has 20 heavy (non-hydrogen) atoms. The number of carbonyl (C=O) groups is 1. The Hall–Kier alpha value is -1.17. The van der Waals surface area contributed by atoms with Crippen LogP contribution in [0.25, 0.3) is 0 Å². The van der Waals surface area contributed by atoms with Crippen LogP contribution < -0.4 is 28.5 Å². The third-order valence-corrected chi connectivity index (χ3v) is 3.24. The van der Waals surface area contributed by atoms with Crippen molar-refractivity contribution in [2.45, 2.75) is 32.7 Å². The summed E-state index contributed by atoms with van der Waals surface area (Å²) in [5.74, 6) is 0.151. The molecule has 0 saturated heterocycles. The van der Waals surface area contributed by atoms with E-state index < -0.39 is 0 Å². The largest absolute Gasteiger partial charge is 1.00 e. The van der Waals surface area contributed by atoms with E-state index in [1.165, 1.54) is 18.4 Å². The maximum Gasteiger partial charge on any atom is 0.243 e. The van der Waals surface area contributed by atoms with Crippen molar-refractivity contribution in [3.05, 3.63) is 54.1 Å². The van der Waals surface area contributed by atoms with E-state index >= 15 is 0 Å². The number of Topliss-reactive ketones (excluding diaryl/α,β-unsaturated/α-hetero) is 1. The summed E-state index contributed by atoms with van der Waals surface area (Å²) in [5.41, 5.74) is 2.10. The van der Waals surface area contributed by atoms with E-state index in [9.17, 15) is 4.79 Å². The van der Waals surface area contributed by atoms with Crippen molar-refractivity contribution >= 4 is 5.78 Å². The molecular weight excluding hydrogens is 363 g/mol. The Balaban J connectivity index is 0.00000200. The number of rotatable bonds is 6. The van der Waals surface area contributed by atoms with Gasteiger partial charge in [0.2, 0.25) is 12.1 Å². The second kappa shape index (κ2) is 8.19. The van der Waals surface area contributed by atoms with E-state index in [0.717, 1.165) is 12.0 Å². The molecule has 4 heteroatoms. The van der Waals surface area contributed by atoms with Gasteiger partial charge in [-0.1, -0.05) is 37.6 Å². The molecule has 108 valence electrons. The van der Waals surface area contributed by atoms with Crippen LogP contribution in [0.15, 0.2) is 43.0 Å². The van der Waals surface area contributed by atoms with Crippen molar-refractivity contribution in [2.24, 2.45) is 7.05 Å². The van der Waals surface area contributed by atoms with Crippen LogP contribution in [0.3, 0.4) is 0 Å². The van der Waals surface area contributed by atoms with Crippen molar-refractivity contribution in [1.29, 1.82) is 0 Å². The van der Waals surface area contributed by atoms with Crippen LogP contribution in [0.2, 0.25) is 0 Å². The van der Waals surface area contributed by atoms with Gasteiger partial charge < -0.3 is 24.0 Å². The lowest BCUT2D eigenvalue weighted by Gasteiger charge is -2.02. The van der Waals surface area contributed by atoms with Gasteiger partial charge in [0.25, 0.3) is 0 Å². The first-order valence-corrected chi connectivity index (χ1v) is 6.82. The first-order valence-electron chi connectivity index (χ1n) is 6.82. The standard InChI is InChI=1S/C16H21N2O.HI/c1-3-4-5-14-6-8-15(9-7-14)16(19)12-18-11-10-17(2)13-18;/h6-11,13H,3-5,12H2,1-2H3;1H/q+1;/p-1. The van der Waals surface area contributed by atoms with E-state index in [1.54, 1.807) is 0 Å². The van der Waals surface area contributed by atoms with E-state index in [2.05, 4.69) is 19.1 Å². The molecule has 0 spiro atoms. The van der Waals surface area contributed by atoms with Gasteiger partial charge in [-0.25, -0.2) is 9.13 Å². The molecule has 1 heterocycles. The highest BCUT2D eigenvalue weighted by molar-refractivity contribution is 5.95. The molecule has 0 bridgehead atoms. The molecule has 1 aromatic carbocycles. The van der Waals surface area contributed by atoms with E-state index in [4.69, 9.17) is 0 Å². The Labute approximate surface area is 137 Å². The van der Waals surface area contributed by atoms with E-state index in [0.29, 0.717) is 6.54 Å². The van der Waals surface area contributed by atoms with E-state index in [1.807, 2.05) is 47.0 Å². The number of aryl methyl sites for hydroxylation is 2. The second-order valence-corrected chi connectivity index (χ2v) is 4.98. The average molecular weight is 384 g/mol. The fourth-order valence-corrected chi connectivity index (χ4v) is 2.09. The highest BCUT2D eigenvalue weighted by Gasteiger charge is 2.10. The maximum atomic E-state index is 12.1. The van der Waals surface area contributed by atoms with Crippen molar-refractivity contribution in [2.75, 3.05) is 0 Å². The molecule has 1 aromatic heterocycles. The third kappa shape index (κ3) is 4.74. The predicted molar refractivity (Wildman–Crippen MR) is 75.0 cm³/mol. The molecule has 3 nitrogen and oxygen atoms in total. The molecule has 2 aromatic rings. The molecule has 0 fully saturated rings. The Morgan fingerprint density at radius 1 is 1.25 bits per heavy atom. The van der Waals surface area contributed by atoms with Gasteiger partial charge in [-0.05, 0) is 18.4 Å². The molecule has 0 N–H and O–H groups in total. The van der Waals surface area contributed by atoms with E-state index in [-0.39, 0.29) is 29.8 Å². The number of hydrogen-bond donors (Lipinski definition) is 0. The summed E-state index contributed by atoms with van der Waals surface area (Å²) in [5, 5.41) is 0. The van der Waals surface area contributed by atoms with Gasteiger partial charge in [-0.3, -0.25) is 4.79 Å². The molecule has 0 aliphatic heterocycles. The number of carbonyl (C=O) groups excluding carboxylic acids is 1. The minimum Gasteiger partial charge on any atom is -1.00 e. The number of benzene rings is 1. The highest BCUT2D eigenvalue weighted by Crippen LogP contribution is 2.09. The van der Waals surface area contributed by atoms with Gasteiger partial charge in [-0.15, -0.1) is 0 Å². The minimum atomic E-state index is 0. The summed E-state index contributed by atoms with van der Waals surface area (Å²) in [6.07, 6.45) is 9.25. The number of aromatic nitrogens is 2. The lowest BCUT2D eigenvalue weighted by atomic mass is 10.0. The third-order valence-electron chi connectivity index (χ3n) is 3.24. The molecule has 0 atom stereocenters. The van der Waals surface area contributed by atoms with Crippen LogP contribution in [0.1, 0.15) is 35.7 Å². The summed E-state index contributed by atoms with van der Waals surface area (Å²) < 4.78 is 3.83. The lowest BCUT2D eigenvalue weighted by Crippen LogP contribution is -3.00. The molecule has 0 radical (unpaired) electrons. The summed E-state index contributed by atoms with van der Waals surface area (Å²) in [7, 11) is 1.95. The first kappa shape index (κ1) is 16.9. The van der Waals surface area contributed by atoms with Gasteiger partial charge in [0, 0.05) is 5.56 Å². The molecule has 0 unspecified atom stereocenters. The van der Waals surface area contributed by atoms with Gasteiger partial charge in [0.1, 0.15) is 12.4 Å². The number of unbranched alkanes of at least 4 members (excludes halogenated alkanes) is 1. The fraction of sp³-hybridized carbons (Fsp3) is 0.375. The van der Waals surface area contributed by atoms with Crippen LogP contribution in [0, 0.1) is 0 Å². The van der Waals surface area contributed by atoms with Crippen LogP contribution in [-0.4, -0.2) is 10.4 Å². The van der Waals surface area contributed by atoms with Crippen molar-refractivity contribution < 1.29 is 33.3 Å². The molecule has 0 aliphatic carbocycles. The Morgan fingerprint density at radius 3 is 2.50 bits per heavy atom. The monoisotopic (exact) mass is 384 g/mol. The van der Waals surface area contributed by atoms with Gasteiger partial charge in [0.05, 0.1) is 7.05 Å². The average Bonchev–Trinajstić information content (AvgIpc) is 2.82. The van der Waals surface area contributed by atoms with Crippen LogP contribution in [-0.2, 0) is 20.0 Å². The molecular formula is C16H21IN2O. The Kier molecular flexibility index (Phi) is 6.91. The molecule has 0 amide bonds. The van der Waals surface area contributed by atoms with Crippen molar-refractivity contribution in [1.82, 2.24) is 4.57 Å². The van der Waals surface area contributed by atoms with Crippen LogP contribution in [0.5, 0.6) is 0 Å². The summed E-state index contributed by atoms with van der Waals surface area (Å²) in [6.45, 7) is 2.59. The topological polar surface area (TPSA) is 25.9 Å². The smallest absolute Gasteiger partial charge is 0.243 e. The fourth-order valence-electron chi connectivity index (χ4n) is 2.09. The molecule has 0 aliphatic rings. The number of imidazole rings is 1. The van der Waals surface area contributed by atoms with Crippen LogP contribution >= 0.6 is 0 Å². The predicted octanol–water partition coefficient (Wildman–Crippen LogP) is -0.458. The number of halogens is 1. The maximum absolute atomic E-state index is 12.1. The summed E-state index contributed by atoms with van der Waals surface area (Å²) in [4.78, 5) is 12.1. The molecule has 2 rings (SSSR count). The first-order chi connectivity index (χ1) is 9.19. The van der Waals surface area contributed by atoms with Crippen LogP contribution in [0.4, 0.5) is 0 Å². The summed E-state index contributed by atoms with van der Waals surface area (Å²) >= 11 is 0. The van der Waals surface area contributed by atoms with Gasteiger partial charge >= 0.3 is 0 Å². The van der Waals surface area contributed by atoms with Crippen molar-refractivity contribution in [3.63, 3.8) is 0 Å². The minimum absolute atomic E-state index is 0. The normalized spacial score (nSPS) is 10.1. The highest BCUT2D eigenvalue weighted by atomic mass is 127. The second-order valence-electron chi connectivity index (χ2n) is 4.98. The Morgan fingerprint density at radius 2 is 1.95 bits per heavy atom. The van der Waals surface area contributed by atoms with Crippen molar-refractivity contribution in [3.8, 4) is 0 Å². The summed E-state index contributed by atoms with van der Waals surface area (Å²) in [6, 6.07) is 8.02.